The van der Waals surface area contributed by atoms with Crippen molar-refractivity contribution in [2.75, 3.05) is 5.32 Å². The van der Waals surface area contributed by atoms with E-state index < -0.39 is 0 Å². The van der Waals surface area contributed by atoms with Crippen LogP contribution in [-0.2, 0) is 0 Å². The van der Waals surface area contributed by atoms with Crippen LogP contribution >= 0.6 is 15.9 Å². The van der Waals surface area contributed by atoms with Crippen LogP contribution in [0.1, 0.15) is 57.7 Å². The van der Waals surface area contributed by atoms with Gasteiger partial charge in [-0.1, -0.05) is 19.8 Å². The van der Waals surface area contributed by atoms with E-state index in [0.717, 1.165) is 16.2 Å². The molecule has 0 bridgehead atoms. The Bertz CT molecular complexity index is 377. The lowest BCUT2D eigenvalue weighted by Gasteiger charge is -2.14. The molecular weight excluding hydrogens is 278 g/mol. The number of rotatable bonds is 6. The largest absolute Gasteiger partial charge is 0.367 e. The smallest absolute Gasteiger partial charge is 0.135 e. The number of nitrogens with zero attached hydrogens (tertiary/aromatic N) is 2. The summed E-state index contributed by atoms with van der Waals surface area (Å²) >= 11 is 3.46. The Morgan fingerprint density at radius 1 is 1.47 bits per heavy atom. The number of hydrogen-bond donors (Lipinski definition) is 1. The fourth-order valence-electron chi connectivity index (χ4n) is 1.87. The van der Waals surface area contributed by atoms with Gasteiger partial charge in [-0.25, -0.2) is 9.97 Å². The molecular formula is C13H20BrN3. The lowest BCUT2D eigenvalue weighted by atomic mass is 10.1. The van der Waals surface area contributed by atoms with Crippen LogP contribution in [0.3, 0.4) is 0 Å². The fraction of sp³-hybridized carbons (Fsp3) is 0.692. The van der Waals surface area contributed by atoms with Gasteiger partial charge in [0.15, 0.2) is 0 Å². The molecule has 0 amide bonds. The number of nitrogens with one attached hydrogen (secondary N) is 1. The summed E-state index contributed by atoms with van der Waals surface area (Å²) in [5.74, 6) is 2.54. The quantitative estimate of drug-likeness (QED) is 0.803. The Balaban J connectivity index is 1.99. The topological polar surface area (TPSA) is 37.8 Å². The second kappa shape index (κ2) is 5.80. The third-order valence-electron chi connectivity index (χ3n) is 3.04. The molecule has 1 fully saturated rings. The van der Waals surface area contributed by atoms with Crippen LogP contribution in [0.15, 0.2) is 10.7 Å². The van der Waals surface area contributed by atoms with E-state index >= 15 is 0 Å². The average Bonchev–Trinajstić information content (AvgIpc) is 3.09. The standard InChI is InChI=1S/C13H20BrN3/c1-3-4-5-9(2)15-12-8-11(14)16-13(17-12)10-6-7-10/h8-10H,3-7H2,1-2H3,(H,15,16,17). The van der Waals surface area contributed by atoms with Gasteiger partial charge in [0.05, 0.1) is 0 Å². The molecule has 1 aliphatic rings. The molecule has 1 unspecified atom stereocenters. The van der Waals surface area contributed by atoms with Crippen molar-refractivity contribution in [1.29, 1.82) is 0 Å². The van der Waals surface area contributed by atoms with Crippen molar-refractivity contribution < 1.29 is 0 Å². The lowest BCUT2D eigenvalue weighted by Crippen LogP contribution is -2.16. The first kappa shape index (κ1) is 12.8. The van der Waals surface area contributed by atoms with Gasteiger partial charge in [-0.05, 0) is 42.1 Å². The minimum atomic E-state index is 0.476. The van der Waals surface area contributed by atoms with E-state index in [1.54, 1.807) is 0 Å². The summed E-state index contributed by atoms with van der Waals surface area (Å²) in [4.78, 5) is 9.02. The first-order valence-electron chi connectivity index (χ1n) is 6.50. The molecule has 94 valence electrons. The minimum Gasteiger partial charge on any atom is -0.367 e. The van der Waals surface area contributed by atoms with E-state index in [2.05, 4.69) is 45.1 Å². The second-order valence-electron chi connectivity index (χ2n) is 4.90. The summed E-state index contributed by atoms with van der Waals surface area (Å²) in [7, 11) is 0. The molecule has 17 heavy (non-hydrogen) atoms. The van der Waals surface area contributed by atoms with Crippen LogP contribution in [0.4, 0.5) is 5.82 Å². The first-order chi connectivity index (χ1) is 8.19. The van der Waals surface area contributed by atoms with Crippen LogP contribution in [0.2, 0.25) is 0 Å². The molecule has 3 nitrogen and oxygen atoms in total. The maximum Gasteiger partial charge on any atom is 0.135 e. The first-order valence-corrected chi connectivity index (χ1v) is 7.29. The molecule has 1 aromatic rings. The normalized spacial score (nSPS) is 16.9. The Morgan fingerprint density at radius 3 is 2.88 bits per heavy atom. The van der Waals surface area contributed by atoms with Crippen LogP contribution in [-0.4, -0.2) is 16.0 Å². The summed E-state index contributed by atoms with van der Waals surface area (Å²) in [5.41, 5.74) is 0. The van der Waals surface area contributed by atoms with Gasteiger partial charge >= 0.3 is 0 Å². The van der Waals surface area contributed by atoms with Crippen molar-refractivity contribution in [3.05, 3.63) is 16.5 Å². The van der Waals surface area contributed by atoms with Crippen molar-refractivity contribution >= 4 is 21.7 Å². The highest BCUT2D eigenvalue weighted by Crippen LogP contribution is 2.38. The van der Waals surface area contributed by atoms with E-state index in [1.807, 2.05) is 6.07 Å². The van der Waals surface area contributed by atoms with Crippen molar-refractivity contribution in [1.82, 2.24) is 9.97 Å². The Morgan fingerprint density at radius 2 is 2.24 bits per heavy atom. The van der Waals surface area contributed by atoms with Gasteiger partial charge in [0.1, 0.15) is 16.2 Å². The van der Waals surface area contributed by atoms with Crippen molar-refractivity contribution in [3.8, 4) is 0 Å². The van der Waals surface area contributed by atoms with Gasteiger partial charge < -0.3 is 5.32 Å². The highest BCUT2D eigenvalue weighted by Gasteiger charge is 2.27. The monoisotopic (exact) mass is 297 g/mol. The summed E-state index contributed by atoms with van der Waals surface area (Å²) in [6.07, 6.45) is 6.17. The molecule has 1 N–H and O–H groups in total. The van der Waals surface area contributed by atoms with Crippen molar-refractivity contribution in [2.45, 2.75) is 57.9 Å². The van der Waals surface area contributed by atoms with Gasteiger partial charge in [0.2, 0.25) is 0 Å². The predicted molar refractivity (Wildman–Crippen MR) is 74.3 cm³/mol. The van der Waals surface area contributed by atoms with Crippen LogP contribution < -0.4 is 5.32 Å². The predicted octanol–water partition coefficient (Wildman–Crippen LogP) is 4.11. The van der Waals surface area contributed by atoms with Crippen molar-refractivity contribution in [2.24, 2.45) is 0 Å². The molecule has 1 atom stereocenters. The molecule has 0 aromatic carbocycles. The SMILES string of the molecule is CCCCC(C)Nc1cc(Br)nc(C2CC2)n1. The zero-order valence-electron chi connectivity index (χ0n) is 10.5. The molecule has 0 saturated heterocycles. The molecule has 1 heterocycles. The number of anilines is 1. The summed E-state index contributed by atoms with van der Waals surface area (Å²) < 4.78 is 0.889. The highest BCUT2D eigenvalue weighted by atomic mass is 79.9. The highest BCUT2D eigenvalue weighted by molar-refractivity contribution is 9.10. The summed E-state index contributed by atoms with van der Waals surface area (Å²) in [6.45, 7) is 4.43. The molecule has 4 heteroatoms. The van der Waals surface area contributed by atoms with E-state index in [-0.39, 0.29) is 0 Å². The second-order valence-corrected chi connectivity index (χ2v) is 5.71. The van der Waals surface area contributed by atoms with E-state index in [4.69, 9.17) is 0 Å². The zero-order valence-corrected chi connectivity index (χ0v) is 12.1. The molecule has 0 spiro atoms. The third kappa shape index (κ3) is 3.95. The van der Waals surface area contributed by atoms with Crippen LogP contribution in [0, 0.1) is 0 Å². The van der Waals surface area contributed by atoms with Gasteiger partial charge in [0, 0.05) is 18.0 Å². The van der Waals surface area contributed by atoms with Gasteiger partial charge in [-0.15, -0.1) is 0 Å². The minimum absolute atomic E-state index is 0.476. The lowest BCUT2D eigenvalue weighted by molar-refractivity contribution is 0.642. The van der Waals surface area contributed by atoms with Gasteiger partial charge in [-0.3, -0.25) is 0 Å². The summed E-state index contributed by atoms with van der Waals surface area (Å²) in [5, 5.41) is 3.46. The van der Waals surface area contributed by atoms with Gasteiger partial charge in [0.25, 0.3) is 0 Å². The average molecular weight is 298 g/mol. The molecule has 0 aliphatic heterocycles. The van der Waals surface area contributed by atoms with Crippen molar-refractivity contribution in [3.63, 3.8) is 0 Å². The number of aromatic nitrogens is 2. The number of hydrogen-bond acceptors (Lipinski definition) is 3. The van der Waals surface area contributed by atoms with Crippen LogP contribution in [0.25, 0.3) is 0 Å². The van der Waals surface area contributed by atoms with E-state index in [0.29, 0.717) is 12.0 Å². The number of halogens is 1. The summed E-state index contributed by atoms with van der Waals surface area (Å²) in [6, 6.07) is 2.44. The maximum absolute atomic E-state index is 4.59. The van der Waals surface area contributed by atoms with E-state index in [9.17, 15) is 0 Å². The van der Waals surface area contributed by atoms with Crippen LogP contribution in [0.5, 0.6) is 0 Å². The van der Waals surface area contributed by atoms with E-state index in [1.165, 1.54) is 32.1 Å². The molecule has 1 saturated carbocycles. The Kier molecular flexibility index (Phi) is 4.37. The molecule has 1 aliphatic carbocycles. The molecule has 1 aromatic heterocycles. The fourth-order valence-corrected chi connectivity index (χ4v) is 2.27. The molecule has 2 rings (SSSR count). The number of unbranched alkanes of at least 4 members (excludes halogenated alkanes) is 1. The maximum atomic E-state index is 4.59. The third-order valence-corrected chi connectivity index (χ3v) is 3.45. The van der Waals surface area contributed by atoms with Gasteiger partial charge in [-0.2, -0.15) is 0 Å². The Labute approximate surface area is 112 Å². The zero-order chi connectivity index (χ0) is 12.3. The molecule has 0 radical (unpaired) electrons. The Hall–Kier alpha value is -0.640.